The number of sulfone groups is 1. The molecule has 19 heavy (non-hydrogen) atoms. The van der Waals surface area contributed by atoms with Gasteiger partial charge in [0.15, 0.2) is 9.84 Å². The number of halogens is 1. The Balaban J connectivity index is 2.11. The Morgan fingerprint density at radius 2 is 1.79 bits per heavy atom. The van der Waals surface area contributed by atoms with Gasteiger partial charge in [0.25, 0.3) is 0 Å². The average Bonchev–Trinajstić information content (AvgIpc) is 2.71. The molecule has 6 heteroatoms. The molecule has 1 atom stereocenters. The lowest BCUT2D eigenvalue weighted by molar-refractivity contribution is -0.136. The first kappa shape index (κ1) is 15.3. The lowest BCUT2D eigenvalue weighted by Gasteiger charge is -2.38. The van der Waals surface area contributed by atoms with Crippen molar-refractivity contribution in [1.82, 2.24) is 4.90 Å². The Labute approximate surface area is 124 Å². The first-order valence-electron chi connectivity index (χ1n) is 7.11. The summed E-state index contributed by atoms with van der Waals surface area (Å²) in [7, 11) is -2.93. The van der Waals surface area contributed by atoms with Crippen LogP contribution in [0.2, 0.25) is 0 Å². The number of hydrogen-bond donors (Lipinski definition) is 0. The fraction of sp³-hybridized carbons (Fsp3) is 0.923. The number of alkyl halides is 1. The molecule has 0 aromatic carbocycles. The highest BCUT2D eigenvalue weighted by atomic mass is 79.9. The van der Waals surface area contributed by atoms with Crippen LogP contribution in [0.1, 0.15) is 44.9 Å². The molecule has 0 spiro atoms. The second kappa shape index (κ2) is 6.57. The molecule has 0 radical (unpaired) electrons. The third-order valence-corrected chi connectivity index (χ3v) is 6.31. The summed E-state index contributed by atoms with van der Waals surface area (Å²) in [6.07, 6.45) is 6.69. The fourth-order valence-electron chi connectivity index (χ4n) is 3.27. The maximum Gasteiger partial charge on any atom is 0.223 e. The molecule has 1 aliphatic heterocycles. The van der Waals surface area contributed by atoms with Gasteiger partial charge in [-0.15, -0.1) is 0 Å². The van der Waals surface area contributed by atoms with E-state index in [1.165, 1.54) is 6.42 Å². The minimum absolute atomic E-state index is 0.0837. The number of nitrogens with zero attached hydrogens (tertiary/aromatic N) is 1. The zero-order valence-electron chi connectivity index (χ0n) is 11.2. The van der Waals surface area contributed by atoms with Gasteiger partial charge in [0.1, 0.15) is 0 Å². The summed E-state index contributed by atoms with van der Waals surface area (Å²) in [5.74, 6) is 0.519. The molecule has 4 nitrogen and oxygen atoms in total. The third kappa shape index (κ3) is 3.94. The zero-order valence-corrected chi connectivity index (χ0v) is 13.6. The molecule has 110 valence electrons. The molecule has 0 N–H and O–H groups in total. The van der Waals surface area contributed by atoms with Crippen molar-refractivity contribution < 1.29 is 13.2 Å². The van der Waals surface area contributed by atoms with Crippen LogP contribution >= 0.6 is 15.9 Å². The molecule has 2 aliphatic rings. The lowest BCUT2D eigenvalue weighted by atomic mass is 9.92. The molecule has 0 aromatic heterocycles. The minimum Gasteiger partial charge on any atom is -0.336 e. The average molecular weight is 352 g/mol. The van der Waals surface area contributed by atoms with E-state index in [9.17, 15) is 13.2 Å². The zero-order chi connectivity index (χ0) is 13.9. The predicted molar refractivity (Wildman–Crippen MR) is 79.2 cm³/mol. The largest absolute Gasteiger partial charge is 0.336 e. The highest BCUT2D eigenvalue weighted by Crippen LogP contribution is 2.28. The highest BCUT2D eigenvalue weighted by molar-refractivity contribution is 9.09. The van der Waals surface area contributed by atoms with E-state index in [1.807, 2.05) is 4.90 Å². The fourth-order valence-corrected chi connectivity index (χ4v) is 5.32. The van der Waals surface area contributed by atoms with Gasteiger partial charge in [0.2, 0.25) is 5.91 Å². The molecule has 0 aromatic rings. The normalized spacial score (nSPS) is 27.3. The van der Waals surface area contributed by atoms with Gasteiger partial charge in [-0.25, -0.2) is 8.42 Å². The second-order valence-corrected chi connectivity index (χ2v) is 8.61. The maximum absolute atomic E-state index is 12.3. The first-order valence-corrected chi connectivity index (χ1v) is 10.1. The molecule has 0 bridgehead atoms. The molecule has 1 amide bonds. The topological polar surface area (TPSA) is 54.5 Å². The van der Waals surface area contributed by atoms with E-state index >= 15 is 0 Å². The van der Waals surface area contributed by atoms with Crippen molar-refractivity contribution in [2.75, 3.05) is 16.8 Å². The van der Waals surface area contributed by atoms with E-state index < -0.39 is 9.84 Å². The molecule has 2 rings (SSSR count). The predicted octanol–water partition coefficient (Wildman–Crippen LogP) is 2.12. The summed E-state index contributed by atoms with van der Waals surface area (Å²) in [4.78, 5) is 14.3. The Morgan fingerprint density at radius 1 is 1.11 bits per heavy atom. The van der Waals surface area contributed by atoms with Gasteiger partial charge in [-0.05, 0) is 19.3 Å². The van der Waals surface area contributed by atoms with Crippen molar-refractivity contribution in [2.24, 2.45) is 0 Å². The van der Waals surface area contributed by atoms with Crippen molar-refractivity contribution >= 4 is 31.7 Å². The molecule has 1 heterocycles. The summed E-state index contributed by atoms with van der Waals surface area (Å²) in [5, 5.41) is 0.647. The molecular formula is C13H22BrNO3S. The van der Waals surface area contributed by atoms with E-state index in [0.29, 0.717) is 18.2 Å². The Bertz CT molecular complexity index is 418. The van der Waals surface area contributed by atoms with Crippen LogP contribution in [0.3, 0.4) is 0 Å². The molecule has 1 saturated heterocycles. The quantitative estimate of drug-likeness (QED) is 0.729. The Morgan fingerprint density at radius 3 is 2.32 bits per heavy atom. The van der Waals surface area contributed by atoms with Crippen LogP contribution in [-0.4, -0.2) is 48.1 Å². The van der Waals surface area contributed by atoms with Crippen LogP contribution in [0.15, 0.2) is 0 Å². The van der Waals surface area contributed by atoms with Gasteiger partial charge in [-0.1, -0.05) is 35.2 Å². The van der Waals surface area contributed by atoms with Crippen molar-refractivity contribution in [3.63, 3.8) is 0 Å². The van der Waals surface area contributed by atoms with Crippen molar-refractivity contribution in [2.45, 2.75) is 57.0 Å². The monoisotopic (exact) mass is 351 g/mol. The Kier molecular flexibility index (Phi) is 5.29. The summed E-state index contributed by atoms with van der Waals surface area (Å²) < 4.78 is 23.3. The number of amides is 1. The van der Waals surface area contributed by atoms with Gasteiger partial charge < -0.3 is 4.90 Å². The standard InChI is InChI=1S/C13H22BrNO3S/c14-8-6-13(16)15(11-4-2-1-3-5-11)12-7-9-19(17,18)10-12/h11-12H,1-10H2. The first-order chi connectivity index (χ1) is 9.03. The summed E-state index contributed by atoms with van der Waals surface area (Å²) in [6, 6.07) is 0.179. The van der Waals surface area contributed by atoms with Crippen LogP contribution in [0.4, 0.5) is 0 Å². The number of carbonyl (C=O) groups excluding carboxylic acids is 1. The van der Waals surface area contributed by atoms with Gasteiger partial charge in [-0.2, -0.15) is 0 Å². The summed E-state index contributed by atoms with van der Waals surface area (Å²) >= 11 is 3.31. The van der Waals surface area contributed by atoms with Crippen LogP contribution in [0, 0.1) is 0 Å². The van der Waals surface area contributed by atoms with Gasteiger partial charge in [-0.3, -0.25) is 4.79 Å². The molecule has 2 fully saturated rings. The van der Waals surface area contributed by atoms with Crippen LogP contribution < -0.4 is 0 Å². The van der Waals surface area contributed by atoms with E-state index in [4.69, 9.17) is 0 Å². The SMILES string of the molecule is O=C(CCBr)N(C1CCCCC1)C1CCS(=O)(=O)C1. The number of hydrogen-bond acceptors (Lipinski definition) is 3. The van der Waals surface area contributed by atoms with Gasteiger partial charge in [0.05, 0.1) is 11.5 Å². The lowest BCUT2D eigenvalue weighted by Crippen LogP contribution is -2.48. The number of carbonyl (C=O) groups is 1. The van der Waals surface area contributed by atoms with Crippen LogP contribution in [0.5, 0.6) is 0 Å². The van der Waals surface area contributed by atoms with Crippen molar-refractivity contribution in [3.8, 4) is 0 Å². The maximum atomic E-state index is 12.3. The molecule has 1 unspecified atom stereocenters. The highest BCUT2D eigenvalue weighted by Gasteiger charge is 2.38. The van der Waals surface area contributed by atoms with E-state index in [0.717, 1.165) is 25.7 Å². The van der Waals surface area contributed by atoms with E-state index in [2.05, 4.69) is 15.9 Å². The second-order valence-electron chi connectivity index (χ2n) is 5.59. The van der Waals surface area contributed by atoms with E-state index in [1.54, 1.807) is 0 Å². The molecular weight excluding hydrogens is 330 g/mol. The van der Waals surface area contributed by atoms with Crippen LogP contribution in [0.25, 0.3) is 0 Å². The van der Waals surface area contributed by atoms with Crippen molar-refractivity contribution in [1.29, 1.82) is 0 Å². The van der Waals surface area contributed by atoms with E-state index in [-0.39, 0.29) is 29.5 Å². The van der Waals surface area contributed by atoms with Gasteiger partial charge in [0, 0.05) is 23.8 Å². The Hall–Kier alpha value is -0.100. The summed E-state index contributed by atoms with van der Waals surface area (Å²) in [5.41, 5.74) is 0. The van der Waals surface area contributed by atoms with Crippen molar-refractivity contribution in [3.05, 3.63) is 0 Å². The number of rotatable bonds is 4. The third-order valence-electron chi connectivity index (χ3n) is 4.17. The van der Waals surface area contributed by atoms with Gasteiger partial charge >= 0.3 is 0 Å². The molecule has 1 aliphatic carbocycles. The van der Waals surface area contributed by atoms with Crippen LogP contribution in [-0.2, 0) is 14.6 Å². The smallest absolute Gasteiger partial charge is 0.223 e. The minimum atomic E-state index is -2.93. The summed E-state index contributed by atoms with van der Waals surface area (Å²) in [6.45, 7) is 0. The molecule has 1 saturated carbocycles.